The molecule has 0 radical (unpaired) electrons. The zero-order chi connectivity index (χ0) is 17.4. The summed E-state index contributed by atoms with van der Waals surface area (Å²) >= 11 is 8.57. The predicted molar refractivity (Wildman–Crippen MR) is 105 cm³/mol. The van der Waals surface area contributed by atoms with E-state index in [2.05, 4.69) is 33.5 Å². The van der Waals surface area contributed by atoms with Crippen molar-refractivity contribution in [3.8, 4) is 5.75 Å². The van der Waals surface area contributed by atoms with Gasteiger partial charge in [-0.05, 0) is 55.0 Å². The van der Waals surface area contributed by atoms with Crippen LogP contribution < -0.4 is 15.4 Å². The fourth-order valence-electron chi connectivity index (χ4n) is 1.97. The standard InChI is InChI=1S/C18H19BrN2O2S/c1-2-3-12-23-16-7-5-4-6-15(16)17(22)21-18(24)20-14-10-8-13(19)9-11-14/h4-11H,2-3,12H2,1H3,(H2,20,21,22,24). The summed E-state index contributed by atoms with van der Waals surface area (Å²) < 4.78 is 6.66. The van der Waals surface area contributed by atoms with Gasteiger partial charge in [-0.15, -0.1) is 0 Å². The second kappa shape index (κ2) is 9.39. The number of unbranched alkanes of at least 4 members (excludes halogenated alkanes) is 1. The first-order valence-electron chi connectivity index (χ1n) is 7.70. The lowest BCUT2D eigenvalue weighted by Gasteiger charge is -2.13. The Balaban J connectivity index is 1.98. The molecule has 0 bridgehead atoms. The average Bonchev–Trinajstić information content (AvgIpc) is 2.57. The minimum atomic E-state index is -0.295. The molecule has 2 rings (SSSR count). The number of carbonyl (C=O) groups is 1. The molecule has 2 aromatic rings. The number of amides is 1. The van der Waals surface area contributed by atoms with Crippen LogP contribution >= 0.6 is 28.1 Å². The number of nitrogens with one attached hydrogen (secondary N) is 2. The summed E-state index contributed by atoms with van der Waals surface area (Å²) in [5, 5.41) is 5.90. The van der Waals surface area contributed by atoms with Crippen LogP contribution in [0.25, 0.3) is 0 Å². The molecule has 0 aromatic heterocycles. The summed E-state index contributed by atoms with van der Waals surface area (Å²) in [6, 6.07) is 14.7. The number of benzene rings is 2. The van der Waals surface area contributed by atoms with E-state index in [1.165, 1.54) is 0 Å². The second-order valence-electron chi connectivity index (χ2n) is 5.11. The molecule has 0 saturated carbocycles. The molecule has 1 amide bonds. The van der Waals surface area contributed by atoms with E-state index >= 15 is 0 Å². The highest BCUT2D eigenvalue weighted by atomic mass is 79.9. The molecule has 0 spiro atoms. The number of hydrogen-bond acceptors (Lipinski definition) is 3. The van der Waals surface area contributed by atoms with E-state index in [1.807, 2.05) is 30.3 Å². The Morgan fingerprint density at radius 3 is 2.58 bits per heavy atom. The summed E-state index contributed by atoms with van der Waals surface area (Å²) in [6.07, 6.45) is 1.98. The van der Waals surface area contributed by atoms with E-state index in [-0.39, 0.29) is 11.0 Å². The van der Waals surface area contributed by atoms with Crippen LogP contribution in [0.4, 0.5) is 5.69 Å². The highest BCUT2D eigenvalue weighted by Crippen LogP contribution is 2.18. The van der Waals surface area contributed by atoms with Gasteiger partial charge in [-0.3, -0.25) is 10.1 Å². The molecule has 0 aliphatic carbocycles. The minimum Gasteiger partial charge on any atom is -0.493 e. The molecule has 2 N–H and O–H groups in total. The largest absolute Gasteiger partial charge is 0.493 e. The third-order valence-corrected chi connectivity index (χ3v) is 3.95. The van der Waals surface area contributed by atoms with Gasteiger partial charge in [-0.2, -0.15) is 0 Å². The fourth-order valence-corrected chi connectivity index (χ4v) is 2.45. The van der Waals surface area contributed by atoms with Gasteiger partial charge >= 0.3 is 0 Å². The average molecular weight is 407 g/mol. The molecule has 4 nitrogen and oxygen atoms in total. The Morgan fingerprint density at radius 2 is 1.88 bits per heavy atom. The van der Waals surface area contributed by atoms with Crippen molar-refractivity contribution in [3.63, 3.8) is 0 Å². The quantitative estimate of drug-likeness (QED) is 0.536. The number of rotatable bonds is 6. The van der Waals surface area contributed by atoms with Crippen LogP contribution in [0.5, 0.6) is 5.75 Å². The Hall–Kier alpha value is -1.92. The number of para-hydroxylation sites is 1. The van der Waals surface area contributed by atoms with Crippen LogP contribution in [-0.4, -0.2) is 17.6 Å². The van der Waals surface area contributed by atoms with Crippen molar-refractivity contribution in [2.75, 3.05) is 11.9 Å². The molecule has 2 aromatic carbocycles. The first kappa shape index (κ1) is 18.4. The van der Waals surface area contributed by atoms with Crippen LogP contribution in [0.2, 0.25) is 0 Å². The molecular formula is C18H19BrN2O2S. The number of thiocarbonyl (C=S) groups is 1. The summed E-state index contributed by atoms with van der Waals surface area (Å²) in [5.74, 6) is 0.270. The molecule has 0 aliphatic heterocycles. The first-order valence-corrected chi connectivity index (χ1v) is 8.90. The molecule has 0 unspecified atom stereocenters. The fraction of sp³-hybridized carbons (Fsp3) is 0.222. The van der Waals surface area contributed by atoms with Crippen molar-refractivity contribution >= 4 is 44.9 Å². The van der Waals surface area contributed by atoms with E-state index in [0.29, 0.717) is 17.9 Å². The van der Waals surface area contributed by atoms with Gasteiger partial charge in [0.2, 0.25) is 0 Å². The smallest absolute Gasteiger partial charge is 0.261 e. The van der Waals surface area contributed by atoms with Crippen LogP contribution in [-0.2, 0) is 0 Å². The van der Waals surface area contributed by atoms with E-state index < -0.39 is 0 Å². The Kier molecular flexibility index (Phi) is 7.21. The zero-order valence-corrected chi connectivity index (χ0v) is 15.7. The van der Waals surface area contributed by atoms with Crippen molar-refractivity contribution in [3.05, 3.63) is 58.6 Å². The van der Waals surface area contributed by atoms with E-state index in [9.17, 15) is 4.79 Å². The van der Waals surface area contributed by atoms with Crippen molar-refractivity contribution in [1.82, 2.24) is 5.32 Å². The molecule has 0 heterocycles. The van der Waals surface area contributed by atoms with E-state index in [4.69, 9.17) is 17.0 Å². The summed E-state index contributed by atoms with van der Waals surface area (Å²) in [7, 11) is 0. The lowest BCUT2D eigenvalue weighted by Crippen LogP contribution is -2.34. The lowest BCUT2D eigenvalue weighted by molar-refractivity contribution is 0.0973. The van der Waals surface area contributed by atoms with Gasteiger partial charge < -0.3 is 10.1 Å². The van der Waals surface area contributed by atoms with E-state index in [0.717, 1.165) is 23.0 Å². The highest BCUT2D eigenvalue weighted by Gasteiger charge is 2.13. The van der Waals surface area contributed by atoms with E-state index in [1.54, 1.807) is 18.2 Å². The third kappa shape index (κ3) is 5.62. The van der Waals surface area contributed by atoms with Crippen LogP contribution in [0.1, 0.15) is 30.1 Å². The molecule has 126 valence electrons. The van der Waals surface area contributed by atoms with Crippen molar-refractivity contribution in [2.24, 2.45) is 0 Å². The van der Waals surface area contributed by atoms with Gasteiger partial charge in [0.1, 0.15) is 5.75 Å². The number of anilines is 1. The predicted octanol–water partition coefficient (Wildman–Crippen LogP) is 4.75. The maximum Gasteiger partial charge on any atom is 0.261 e. The molecule has 6 heteroatoms. The summed E-state index contributed by atoms with van der Waals surface area (Å²) in [6.45, 7) is 2.68. The molecule has 0 saturated heterocycles. The number of carbonyl (C=O) groups excluding carboxylic acids is 1. The SMILES string of the molecule is CCCCOc1ccccc1C(=O)NC(=S)Nc1ccc(Br)cc1. The van der Waals surface area contributed by atoms with Crippen molar-refractivity contribution < 1.29 is 9.53 Å². The molecular weight excluding hydrogens is 388 g/mol. The third-order valence-electron chi connectivity index (χ3n) is 3.22. The van der Waals surface area contributed by atoms with Gasteiger partial charge in [-0.25, -0.2) is 0 Å². The molecule has 0 atom stereocenters. The van der Waals surface area contributed by atoms with Gasteiger partial charge in [-0.1, -0.05) is 41.4 Å². The van der Waals surface area contributed by atoms with Crippen LogP contribution in [0.15, 0.2) is 53.0 Å². The highest BCUT2D eigenvalue weighted by molar-refractivity contribution is 9.10. The number of ether oxygens (including phenoxy) is 1. The maximum atomic E-state index is 12.4. The molecule has 0 fully saturated rings. The summed E-state index contributed by atoms with van der Waals surface area (Å²) in [4.78, 5) is 12.4. The topological polar surface area (TPSA) is 50.4 Å². The number of hydrogen-bond donors (Lipinski definition) is 2. The molecule has 0 aliphatic rings. The summed E-state index contributed by atoms with van der Waals surface area (Å²) in [5.41, 5.74) is 1.27. The van der Waals surface area contributed by atoms with Crippen LogP contribution in [0.3, 0.4) is 0 Å². The van der Waals surface area contributed by atoms with Gasteiger partial charge in [0.15, 0.2) is 5.11 Å². The van der Waals surface area contributed by atoms with Crippen LogP contribution in [0, 0.1) is 0 Å². The number of halogens is 1. The Bertz CT molecular complexity index is 704. The van der Waals surface area contributed by atoms with Gasteiger partial charge in [0.25, 0.3) is 5.91 Å². The first-order chi connectivity index (χ1) is 11.6. The van der Waals surface area contributed by atoms with Crippen molar-refractivity contribution in [2.45, 2.75) is 19.8 Å². The molecule has 24 heavy (non-hydrogen) atoms. The maximum absolute atomic E-state index is 12.4. The normalized spacial score (nSPS) is 10.1. The lowest BCUT2D eigenvalue weighted by atomic mass is 10.2. The monoisotopic (exact) mass is 406 g/mol. The van der Waals surface area contributed by atoms with Gasteiger partial charge in [0.05, 0.1) is 12.2 Å². The second-order valence-corrected chi connectivity index (χ2v) is 6.44. The minimum absolute atomic E-state index is 0.241. The Morgan fingerprint density at radius 1 is 1.17 bits per heavy atom. The zero-order valence-electron chi connectivity index (χ0n) is 13.3. The van der Waals surface area contributed by atoms with Gasteiger partial charge in [0, 0.05) is 10.2 Å². The Labute approximate surface area is 155 Å². The van der Waals surface area contributed by atoms with Crippen molar-refractivity contribution in [1.29, 1.82) is 0 Å².